The summed E-state index contributed by atoms with van der Waals surface area (Å²) in [4.78, 5) is 22.9. The van der Waals surface area contributed by atoms with E-state index in [-0.39, 0.29) is 22.7 Å². The van der Waals surface area contributed by atoms with Gasteiger partial charge in [-0.1, -0.05) is 13.8 Å². The molecule has 0 atom stereocenters. The number of alkyl halides is 2. The number of anilines is 1. The van der Waals surface area contributed by atoms with Crippen LogP contribution in [-0.4, -0.2) is 26.8 Å². The van der Waals surface area contributed by atoms with Crippen LogP contribution in [0.5, 0.6) is 0 Å². The molecule has 2 rings (SSSR count). The number of carboxylic acid groups (broad SMARTS) is 1. The number of nitrogens with one attached hydrogen (secondary N) is 1. The smallest absolute Gasteiger partial charge is 0.335 e. The molecule has 0 fully saturated rings. The number of amides is 1. The van der Waals surface area contributed by atoms with E-state index >= 15 is 0 Å². The zero-order valence-corrected chi connectivity index (χ0v) is 13.2. The van der Waals surface area contributed by atoms with Crippen molar-refractivity contribution < 1.29 is 23.5 Å². The predicted molar refractivity (Wildman–Crippen MR) is 83.4 cm³/mol. The summed E-state index contributed by atoms with van der Waals surface area (Å²) in [5.74, 6) is -1.52. The number of nitrogens with zero attached hydrogens (tertiary/aromatic N) is 2. The van der Waals surface area contributed by atoms with Crippen LogP contribution in [-0.2, 0) is 6.54 Å². The molecular weight excluding hydrogens is 320 g/mol. The third-order valence-electron chi connectivity index (χ3n) is 3.19. The molecule has 0 unspecified atom stereocenters. The van der Waals surface area contributed by atoms with Gasteiger partial charge in [-0.05, 0) is 30.2 Å². The van der Waals surface area contributed by atoms with Crippen LogP contribution < -0.4 is 5.32 Å². The van der Waals surface area contributed by atoms with Crippen LogP contribution in [0.15, 0.2) is 30.5 Å². The molecule has 1 heterocycles. The lowest BCUT2D eigenvalue weighted by Gasteiger charge is -2.05. The molecule has 0 spiro atoms. The molecule has 0 bridgehead atoms. The Morgan fingerprint density at radius 1 is 1.21 bits per heavy atom. The summed E-state index contributed by atoms with van der Waals surface area (Å²) >= 11 is 0. The molecule has 0 radical (unpaired) electrons. The van der Waals surface area contributed by atoms with Crippen molar-refractivity contribution in [1.29, 1.82) is 0 Å². The van der Waals surface area contributed by atoms with Gasteiger partial charge in [-0.25, -0.2) is 13.6 Å². The maximum Gasteiger partial charge on any atom is 0.335 e. The van der Waals surface area contributed by atoms with Crippen molar-refractivity contribution in [2.75, 3.05) is 5.32 Å². The van der Waals surface area contributed by atoms with Crippen molar-refractivity contribution >= 4 is 17.6 Å². The first kappa shape index (κ1) is 17.6. The molecule has 2 N–H and O–H groups in total. The highest BCUT2D eigenvalue weighted by Crippen LogP contribution is 2.26. The predicted octanol–water partition coefficient (Wildman–Crippen LogP) is 3.43. The molecule has 24 heavy (non-hydrogen) atoms. The normalized spacial score (nSPS) is 11.1. The van der Waals surface area contributed by atoms with Crippen molar-refractivity contribution in [3.8, 4) is 0 Å². The quantitative estimate of drug-likeness (QED) is 0.846. The number of hydrogen-bond donors (Lipinski definition) is 2. The number of hydrogen-bond acceptors (Lipinski definition) is 3. The summed E-state index contributed by atoms with van der Waals surface area (Å²) < 4.78 is 27.5. The summed E-state index contributed by atoms with van der Waals surface area (Å²) in [6, 6.07) is 5.18. The van der Waals surface area contributed by atoms with Gasteiger partial charge in [0.25, 0.3) is 12.3 Å². The Morgan fingerprint density at radius 3 is 2.29 bits per heavy atom. The number of carbonyl (C=O) groups excluding carboxylic acids is 1. The van der Waals surface area contributed by atoms with E-state index < -0.39 is 24.0 Å². The fourth-order valence-electron chi connectivity index (χ4n) is 2.12. The monoisotopic (exact) mass is 337 g/mol. The van der Waals surface area contributed by atoms with Crippen molar-refractivity contribution in [3.63, 3.8) is 0 Å². The molecule has 6 nitrogen and oxygen atoms in total. The number of halogens is 2. The van der Waals surface area contributed by atoms with Crippen LogP contribution in [0.2, 0.25) is 0 Å². The number of aromatic carboxylic acids is 1. The van der Waals surface area contributed by atoms with Crippen molar-refractivity contribution in [3.05, 3.63) is 47.3 Å². The zero-order chi connectivity index (χ0) is 17.9. The van der Waals surface area contributed by atoms with Gasteiger partial charge in [0.1, 0.15) is 0 Å². The van der Waals surface area contributed by atoms with Crippen molar-refractivity contribution in [2.24, 2.45) is 5.92 Å². The summed E-state index contributed by atoms with van der Waals surface area (Å²) in [6.45, 7) is 4.29. The topological polar surface area (TPSA) is 84.2 Å². The Bertz CT molecular complexity index is 740. The van der Waals surface area contributed by atoms with Gasteiger partial charge in [0.15, 0.2) is 5.69 Å². The van der Waals surface area contributed by atoms with E-state index in [2.05, 4.69) is 10.4 Å². The largest absolute Gasteiger partial charge is 0.478 e. The van der Waals surface area contributed by atoms with E-state index in [1.807, 2.05) is 13.8 Å². The second-order valence-corrected chi connectivity index (χ2v) is 5.68. The van der Waals surface area contributed by atoms with Gasteiger partial charge in [0.05, 0.1) is 11.3 Å². The Morgan fingerprint density at radius 2 is 1.79 bits per heavy atom. The minimum absolute atomic E-state index is 0.0320. The van der Waals surface area contributed by atoms with Gasteiger partial charge in [0.2, 0.25) is 0 Å². The molecule has 1 amide bonds. The van der Waals surface area contributed by atoms with Crippen LogP contribution in [0, 0.1) is 5.92 Å². The lowest BCUT2D eigenvalue weighted by atomic mass is 10.1. The van der Waals surface area contributed by atoms with Gasteiger partial charge in [-0.2, -0.15) is 5.10 Å². The Kier molecular flexibility index (Phi) is 5.28. The maximum absolute atomic E-state index is 13.1. The fraction of sp³-hybridized carbons (Fsp3) is 0.312. The van der Waals surface area contributed by atoms with Crippen LogP contribution in [0.25, 0.3) is 0 Å². The first-order valence-corrected chi connectivity index (χ1v) is 7.28. The SMILES string of the molecule is CC(C)Cn1cc(NC(=O)c2ccc(C(=O)O)cc2)c(C(F)F)n1. The highest BCUT2D eigenvalue weighted by Gasteiger charge is 2.20. The lowest BCUT2D eigenvalue weighted by molar-refractivity contribution is 0.0696. The van der Waals surface area contributed by atoms with Gasteiger partial charge >= 0.3 is 5.97 Å². The first-order valence-electron chi connectivity index (χ1n) is 7.28. The molecule has 0 aliphatic heterocycles. The second kappa shape index (κ2) is 7.20. The van der Waals surface area contributed by atoms with Crippen LogP contribution >= 0.6 is 0 Å². The third-order valence-corrected chi connectivity index (χ3v) is 3.19. The number of rotatable bonds is 6. The van der Waals surface area contributed by atoms with Gasteiger partial charge in [0, 0.05) is 18.3 Å². The molecule has 8 heteroatoms. The standard InChI is InChI=1S/C16H17F2N3O3/c1-9(2)7-21-8-12(13(20-21)14(17)18)19-15(22)10-3-5-11(6-4-10)16(23)24/h3-6,8-9,14H,7H2,1-2H3,(H,19,22)(H,23,24). The highest BCUT2D eigenvalue weighted by molar-refractivity contribution is 6.05. The van der Waals surface area contributed by atoms with E-state index in [0.717, 1.165) is 0 Å². The molecule has 0 aliphatic carbocycles. The molecule has 1 aromatic carbocycles. The minimum atomic E-state index is -2.82. The number of carbonyl (C=O) groups is 2. The highest BCUT2D eigenvalue weighted by atomic mass is 19.3. The van der Waals surface area contributed by atoms with Gasteiger partial charge < -0.3 is 10.4 Å². The Balaban J connectivity index is 2.21. The average molecular weight is 337 g/mol. The van der Waals surface area contributed by atoms with Gasteiger partial charge in [-0.3, -0.25) is 9.48 Å². The van der Waals surface area contributed by atoms with Crippen LogP contribution in [0.1, 0.15) is 46.7 Å². The summed E-state index contributed by atoms with van der Waals surface area (Å²) in [5.41, 5.74) is -0.356. The number of benzene rings is 1. The van der Waals surface area contributed by atoms with Crippen LogP contribution in [0.4, 0.5) is 14.5 Å². The Labute approximate surface area is 137 Å². The minimum Gasteiger partial charge on any atom is -0.478 e. The molecule has 0 saturated heterocycles. The summed E-state index contributed by atoms with van der Waals surface area (Å²) in [7, 11) is 0. The van der Waals surface area contributed by atoms with E-state index in [9.17, 15) is 18.4 Å². The molecule has 2 aromatic rings. The van der Waals surface area contributed by atoms with E-state index in [1.165, 1.54) is 35.1 Å². The number of aromatic nitrogens is 2. The van der Waals surface area contributed by atoms with E-state index in [1.54, 1.807) is 0 Å². The summed E-state index contributed by atoms with van der Waals surface area (Å²) in [5, 5.41) is 15.0. The Hall–Kier alpha value is -2.77. The summed E-state index contributed by atoms with van der Waals surface area (Å²) in [6.07, 6.45) is -1.45. The lowest BCUT2D eigenvalue weighted by Crippen LogP contribution is -2.13. The second-order valence-electron chi connectivity index (χ2n) is 5.68. The van der Waals surface area contributed by atoms with Crippen LogP contribution in [0.3, 0.4) is 0 Å². The first-order chi connectivity index (χ1) is 11.3. The molecule has 128 valence electrons. The molecule has 0 aliphatic rings. The fourth-order valence-corrected chi connectivity index (χ4v) is 2.12. The van der Waals surface area contributed by atoms with E-state index in [0.29, 0.717) is 6.54 Å². The van der Waals surface area contributed by atoms with E-state index in [4.69, 9.17) is 5.11 Å². The molecule has 1 aromatic heterocycles. The molecular formula is C16H17F2N3O3. The number of carboxylic acids is 1. The molecule has 0 saturated carbocycles. The van der Waals surface area contributed by atoms with Crippen molar-refractivity contribution in [2.45, 2.75) is 26.8 Å². The van der Waals surface area contributed by atoms with Gasteiger partial charge in [-0.15, -0.1) is 0 Å². The van der Waals surface area contributed by atoms with Crippen molar-refractivity contribution in [1.82, 2.24) is 9.78 Å². The zero-order valence-electron chi connectivity index (χ0n) is 13.2. The average Bonchev–Trinajstić information content (AvgIpc) is 2.89. The third kappa shape index (κ3) is 4.15. The maximum atomic E-state index is 13.1.